The van der Waals surface area contributed by atoms with E-state index in [2.05, 4.69) is 51.5 Å². The number of halogens is 1. The quantitative estimate of drug-likeness (QED) is 0.407. The number of hydrogen-bond acceptors (Lipinski definition) is 6. The van der Waals surface area contributed by atoms with Crippen LogP contribution in [0.4, 0.5) is 4.39 Å². The average molecular weight is 610 g/mol. The molecule has 3 aromatic rings. The normalized spacial score (nSPS) is 20.6. The molecule has 1 saturated carbocycles. The van der Waals surface area contributed by atoms with Crippen molar-refractivity contribution in [3.63, 3.8) is 0 Å². The summed E-state index contributed by atoms with van der Waals surface area (Å²) in [6.45, 7) is 6.72. The topological polar surface area (TPSA) is 87.7 Å². The van der Waals surface area contributed by atoms with Crippen LogP contribution in [0.3, 0.4) is 0 Å². The van der Waals surface area contributed by atoms with Crippen LogP contribution in [0.5, 0.6) is 0 Å². The Kier molecular flexibility index (Phi) is 8.00. The number of amides is 2. The molecule has 0 radical (unpaired) electrons. The fourth-order valence-electron chi connectivity index (χ4n) is 7.59. The molecule has 4 aliphatic rings. The van der Waals surface area contributed by atoms with Crippen LogP contribution in [0.25, 0.3) is 5.57 Å². The van der Waals surface area contributed by atoms with Crippen LogP contribution in [-0.2, 0) is 9.53 Å². The highest BCUT2D eigenvalue weighted by Crippen LogP contribution is 2.54. The molecular formula is C36H40FN5O3. The predicted molar refractivity (Wildman–Crippen MR) is 169 cm³/mol. The van der Waals surface area contributed by atoms with Crippen LogP contribution in [0.15, 0.2) is 66.6 Å². The third-order valence-electron chi connectivity index (χ3n) is 10.1. The summed E-state index contributed by atoms with van der Waals surface area (Å²) in [6, 6.07) is 13.2. The van der Waals surface area contributed by atoms with Gasteiger partial charge in [-0.1, -0.05) is 29.8 Å². The molecule has 0 unspecified atom stereocenters. The van der Waals surface area contributed by atoms with Gasteiger partial charge in [0, 0.05) is 49.6 Å². The van der Waals surface area contributed by atoms with Crippen molar-refractivity contribution in [3.8, 4) is 0 Å². The second-order valence-electron chi connectivity index (χ2n) is 13.5. The van der Waals surface area contributed by atoms with Crippen LogP contribution in [0.1, 0.15) is 77.3 Å². The molecule has 45 heavy (non-hydrogen) atoms. The summed E-state index contributed by atoms with van der Waals surface area (Å²) in [5.41, 5.74) is 7.26. The van der Waals surface area contributed by atoms with E-state index in [0.717, 1.165) is 79.8 Å². The van der Waals surface area contributed by atoms with Crippen molar-refractivity contribution in [2.75, 3.05) is 46.4 Å². The van der Waals surface area contributed by atoms with Gasteiger partial charge in [0.05, 0.1) is 42.6 Å². The molecule has 1 spiro atoms. The highest BCUT2D eigenvalue weighted by molar-refractivity contribution is 5.94. The number of ether oxygens (including phenoxy) is 1. The minimum absolute atomic E-state index is 0.0177. The number of nitrogens with zero attached hydrogens (tertiary/aromatic N) is 4. The Balaban J connectivity index is 1.00. The van der Waals surface area contributed by atoms with Crippen molar-refractivity contribution in [2.24, 2.45) is 11.3 Å². The lowest BCUT2D eigenvalue weighted by atomic mass is 9.59. The number of carbonyl (C=O) groups is 2. The van der Waals surface area contributed by atoms with Crippen LogP contribution >= 0.6 is 0 Å². The third kappa shape index (κ3) is 6.03. The van der Waals surface area contributed by atoms with Gasteiger partial charge in [0.15, 0.2) is 0 Å². The van der Waals surface area contributed by atoms with E-state index < -0.39 is 0 Å². The van der Waals surface area contributed by atoms with E-state index in [-0.39, 0.29) is 35.5 Å². The number of benzene rings is 1. The smallest absolute Gasteiger partial charge is 0.253 e. The van der Waals surface area contributed by atoms with Crippen LogP contribution in [0.2, 0.25) is 0 Å². The van der Waals surface area contributed by atoms with Crippen molar-refractivity contribution in [3.05, 3.63) is 100 Å². The van der Waals surface area contributed by atoms with Crippen molar-refractivity contribution in [1.82, 2.24) is 25.1 Å². The summed E-state index contributed by atoms with van der Waals surface area (Å²) in [4.78, 5) is 39.0. The zero-order valence-electron chi connectivity index (χ0n) is 26.0. The summed E-state index contributed by atoms with van der Waals surface area (Å²) in [5, 5.41) is 3.14. The molecule has 1 aromatic carbocycles. The molecule has 7 rings (SSSR count). The van der Waals surface area contributed by atoms with Gasteiger partial charge in [0.1, 0.15) is 5.82 Å². The first-order valence-electron chi connectivity index (χ1n) is 16.0. The van der Waals surface area contributed by atoms with Gasteiger partial charge in [-0.05, 0) is 80.5 Å². The van der Waals surface area contributed by atoms with E-state index in [9.17, 15) is 14.0 Å². The highest BCUT2D eigenvalue weighted by Gasteiger charge is 2.49. The number of pyridine rings is 2. The number of piperidine rings is 1. The molecule has 234 valence electrons. The minimum atomic E-state index is -0.341. The molecule has 2 aromatic heterocycles. The van der Waals surface area contributed by atoms with Crippen molar-refractivity contribution < 1.29 is 18.7 Å². The summed E-state index contributed by atoms with van der Waals surface area (Å²) in [6.07, 6.45) is 8.55. The van der Waals surface area contributed by atoms with Crippen molar-refractivity contribution in [1.29, 1.82) is 0 Å². The van der Waals surface area contributed by atoms with Crippen molar-refractivity contribution in [2.45, 2.75) is 44.6 Å². The average Bonchev–Trinajstić information content (AvgIpc) is 2.99. The van der Waals surface area contributed by atoms with Gasteiger partial charge in [0.2, 0.25) is 5.91 Å². The van der Waals surface area contributed by atoms with Crippen LogP contribution < -0.4 is 5.32 Å². The number of carbonyl (C=O) groups excluding carboxylic acids is 2. The lowest BCUT2D eigenvalue weighted by Crippen LogP contribution is -2.58. The standard InChI is InChI=1S/C36H40FN5O3/c1-23(40-34(43)28-13-27(16-38-17-28)25-9-11-42(12-10-25)35(44)30-19-45-20-30)24-3-5-26(6-4-24)33(32-8-7-31(37)18-39-32)29-14-36(15-29)21-41(2)22-36/h3-8,13,16-18,23,25,30H,9-12,14-15,19-22H2,1-2H3,(H,40,43)/t23-/m1/s1. The molecule has 8 nitrogen and oxygen atoms in total. The number of nitrogens with one attached hydrogen (secondary N) is 1. The summed E-state index contributed by atoms with van der Waals surface area (Å²) in [7, 11) is 2.16. The molecule has 0 bridgehead atoms. The van der Waals surface area contributed by atoms with Gasteiger partial charge in [-0.15, -0.1) is 0 Å². The summed E-state index contributed by atoms with van der Waals surface area (Å²) < 4.78 is 18.9. The van der Waals surface area contributed by atoms with E-state index in [0.29, 0.717) is 24.2 Å². The molecule has 4 fully saturated rings. The minimum Gasteiger partial charge on any atom is -0.380 e. The second-order valence-corrected chi connectivity index (χ2v) is 13.5. The molecule has 2 amide bonds. The maximum atomic E-state index is 13.7. The first kappa shape index (κ1) is 29.7. The Morgan fingerprint density at radius 2 is 1.73 bits per heavy atom. The highest BCUT2D eigenvalue weighted by atomic mass is 19.1. The van der Waals surface area contributed by atoms with Gasteiger partial charge < -0.3 is 19.9 Å². The molecule has 3 saturated heterocycles. The number of aromatic nitrogens is 2. The number of rotatable bonds is 7. The Morgan fingerprint density at radius 3 is 2.36 bits per heavy atom. The fourth-order valence-corrected chi connectivity index (χ4v) is 7.59. The van der Waals surface area contributed by atoms with Crippen LogP contribution in [0, 0.1) is 17.2 Å². The molecule has 5 heterocycles. The second kappa shape index (κ2) is 12.1. The molecule has 3 aliphatic heterocycles. The Morgan fingerprint density at radius 1 is 1.00 bits per heavy atom. The maximum Gasteiger partial charge on any atom is 0.253 e. The van der Waals surface area contributed by atoms with Gasteiger partial charge in [-0.2, -0.15) is 0 Å². The number of likely N-dealkylation sites (tertiary alicyclic amines) is 2. The predicted octanol–water partition coefficient (Wildman–Crippen LogP) is 4.99. The number of hydrogen-bond donors (Lipinski definition) is 1. The largest absolute Gasteiger partial charge is 0.380 e. The van der Waals surface area contributed by atoms with E-state index in [1.807, 2.05) is 24.1 Å². The van der Waals surface area contributed by atoms with E-state index in [1.165, 1.54) is 17.8 Å². The summed E-state index contributed by atoms with van der Waals surface area (Å²) in [5.74, 6) is -0.0183. The van der Waals surface area contributed by atoms with E-state index in [1.54, 1.807) is 12.3 Å². The van der Waals surface area contributed by atoms with E-state index in [4.69, 9.17) is 4.74 Å². The zero-order valence-corrected chi connectivity index (χ0v) is 26.0. The third-order valence-corrected chi connectivity index (χ3v) is 10.1. The first-order valence-corrected chi connectivity index (χ1v) is 16.0. The lowest BCUT2D eigenvalue weighted by molar-refractivity contribution is -0.150. The van der Waals surface area contributed by atoms with Crippen molar-refractivity contribution >= 4 is 17.4 Å². The number of allylic oxidation sites excluding steroid dienone is 1. The van der Waals surface area contributed by atoms with Crippen LogP contribution in [-0.4, -0.2) is 78.0 Å². The first-order chi connectivity index (χ1) is 21.8. The lowest BCUT2D eigenvalue weighted by Gasteiger charge is -2.56. The molecule has 9 heteroatoms. The van der Waals surface area contributed by atoms with Gasteiger partial charge in [0.25, 0.3) is 5.91 Å². The monoisotopic (exact) mass is 609 g/mol. The summed E-state index contributed by atoms with van der Waals surface area (Å²) >= 11 is 0. The van der Waals surface area contributed by atoms with E-state index >= 15 is 0 Å². The van der Waals surface area contributed by atoms with Gasteiger partial charge >= 0.3 is 0 Å². The van der Waals surface area contributed by atoms with Gasteiger partial charge in [-0.25, -0.2) is 4.39 Å². The zero-order chi connectivity index (χ0) is 31.1. The molecule has 1 N–H and O–H groups in total. The molecule has 1 atom stereocenters. The maximum absolute atomic E-state index is 13.7. The molecular weight excluding hydrogens is 569 g/mol. The Labute approximate surface area is 263 Å². The van der Waals surface area contributed by atoms with Gasteiger partial charge in [-0.3, -0.25) is 19.6 Å². The Hall–Kier alpha value is -3.95. The fraction of sp³-hybridized carbons (Fsp3) is 0.444. The SMILES string of the molecule is C[C@@H](NC(=O)c1cncc(C2CCN(C(=O)C3COC3)CC2)c1)c1ccc(C(=C2CC3(C2)CN(C)C3)c2ccc(F)cn2)cc1. The Bertz CT molecular complexity index is 1590. The molecule has 1 aliphatic carbocycles.